The highest BCUT2D eigenvalue weighted by Crippen LogP contribution is 2.49. The molecule has 0 aromatic heterocycles. The molecule has 38 heavy (non-hydrogen) atoms. The van der Waals surface area contributed by atoms with Crippen LogP contribution in [0, 0.1) is 12.3 Å². The van der Waals surface area contributed by atoms with Crippen LogP contribution in [-0.2, 0) is 12.0 Å². The van der Waals surface area contributed by atoms with Crippen LogP contribution < -0.4 is 4.74 Å². The molecule has 2 heteroatoms. The van der Waals surface area contributed by atoms with Crippen LogP contribution in [0.15, 0.2) is 71.0 Å². The first-order chi connectivity index (χ1) is 18.3. The number of aliphatic hydroxyl groups excluding tert-OH is 1. The first kappa shape index (κ1) is 26.9. The van der Waals surface area contributed by atoms with Gasteiger partial charge in [-0.05, 0) is 85.6 Å². The van der Waals surface area contributed by atoms with Crippen LogP contribution >= 0.6 is 0 Å². The van der Waals surface area contributed by atoms with Crippen molar-refractivity contribution in [2.75, 3.05) is 0 Å². The summed E-state index contributed by atoms with van der Waals surface area (Å²) in [6.45, 7) is 9.75. The Hall–Kier alpha value is -2.74. The third kappa shape index (κ3) is 5.65. The van der Waals surface area contributed by atoms with Crippen LogP contribution in [0.25, 0.3) is 6.08 Å². The maximum absolute atomic E-state index is 11.7. The van der Waals surface area contributed by atoms with Gasteiger partial charge in [0.25, 0.3) is 0 Å². The molecular weight excluding hydrogens is 464 g/mol. The maximum atomic E-state index is 11.7. The molecule has 0 spiro atoms. The molecule has 5 rings (SSSR count). The van der Waals surface area contributed by atoms with Gasteiger partial charge in [-0.25, -0.2) is 0 Å². The van der Waals surface area contributed by atoms with E-state index in [0.717, 1.165) is 41.7 Å². The Morgan fingerprint density at radius 3 is 2.13 bits per heavy atom. The standard InChI is InChI=1S/C36H46O2/c1-26-20-29(33(37)31(22-26)35(3)16-10-6-11-17-35)24-30-21-27(2)23-32(36(4)18-12-7-13-19-36)34(30)38-25-28-14-8-5-9-15-28/h5,8-9,14-15,21-24,37H,6-7,10-13,16-20,25H2,1-4H3. The second kappa shape index (κ2) is 11.2. The van der Waals surface area contributed by atoms with E-state index in [2.05, 4.69) is 82.3 Å². The lowest BCUT2D eigenvalue weighted by Gasteiger charge is -2.37. The number of rotatable bonds is 6. The SMILES string of the molecule is CC1=CC(C2(C)CCCCC2)=C(O)C(=Cc2cc(C)cc(C3(C)CCCCC3)c2OCc2ccccc2)C1. The Morgan fingerprint density at radius 2 is 1.47 bits per heavy atom. The maximum Gasteiger partial charge on any atom is 0.130 e. The second-order valence-corrected chi connectivity index (χ2v) is 12.8. The molecule has 0 bridgehead atoms. The van der Waals surface area contributed by atoms with Crippen LogP contribution in [0.1, 0.15) is 114 Å². The molecule has 0 saturated heterocycles. The van der Waals surface area contributed by atoms with Gasteiger partial charge in [0.2, 0.25) is 0 Å². The molecule has 0 amide bonds. The van der Waals surface area contributed by atoms with Crippen molar-refractivity contribution < 1.29 is 9.84 Å². The Labute approximate surface area is 230 Å². The fourth-order valence-corrected chi connectivity index (χ4v) is 7.14. The van der Waals surface area contributed by atoms with Gasteiger partial charge in [0.15, 0.2) is 0 Å². The molecule has 2 aromatic carbocycles. The number of hydrogen-bond acceptors (Lipinski definition) is 2. The molecule has 202 valence electrons. The van der Waals surface area contributed by atoms with E-state index in [9.17, 15) is 5.11 Å². The normalized spacial score (nSPS) is 22.3. The van der Waals surface area contributed by atoms with Crippen LogP contribution in [0.5, 0.6) is 5.75 Å². The Kier molecular flexibility index (Phi) is 7.89. The predicted octanol–water partition coefficient (Wildman–Crippen LogP) is 10.3. The predicted molar refractivity (Wildman–Crippen MR) is 160 cm³/mol. The Balaban J connectivity index is 1.60. The van der Waals surface area contributed by atoms with Gasteiger partial charge in [-0.15, -0.1) is 0 Å². The topological polar surface area (TPSA) is 29.5 Å². The van der Waals surface area contributed by atoms with Crippen molar-refractivity contribution in [3.63, 3.8) is 0 Å². The lowest BCUT2D eigenvalue weighted by Crippen LogP contribution is -2.26. The van der Waals surface area contributed by atoms with Crippen molar-refractivity contribution in [2.45, 2.75) is 110 Å². The molecular formula is C36H46O2. The minimum atomic E-state index is 0.0586. The van der Waals surface area contributed by atoms with Crippen LogP contribution in [0.4, 0.5) is 0 Å². The summed E-state index contributed by atoms with van der Waals surface area (Å²) in [5.41, 5.74) is 8.56. The molecule has 2 nitrogen and oxygen atoms in total. The van der Waals surface area contributed by atoms with Crippen LogP contribution in [0.3, 0.4) is 0 Å². The number of benzene rings is 2. The highest BCUT2D eigenvalue weighted by atomic mass is 16.5. The minimum absolute atomic E-state index is 0.0586. The summed E-state index contributed by atoms with van der Waals surface area (Å²) >= 11 is 0. The number of ether oxygens (including phenoxy) is 1. The monoisotopic (exact) mass is 510 g/mol. The average Bonchev–Trinajstić information content (AvgIpc) is 2.91. The van der Waals surface area contributed by atoms with Gasteiger partial charge >= 0.3 is 0 Å². The number of aliphatic hydroxyl groups is 1. The largest absolute Gasteiger partial charge is 0.507 e. The zero-order valence-corrected chi connectivity index (χ0v) is 24.0. The lowest BCUT2D eigenvalue weighted by atomic mass is 9.68. The first-order valence-electron chi connectivity index (χ1n) is 14.9. The summed E-state index contributed by atoms with van der Waals surface area (Å²) in [6, 6.07) is 15.1. The summed E-state index contributed by atoms with van der Waals surface area (Å²) in [5.74, 6) is 1.50. The van der Waals surface area contributed by atoms with Crippen molar-refractivity contribution >= 4 is 6.08 Å². The Morgan fingerprint density at radius 1 is 0.842 bits per heavy atom. The third-order valence-electron chi connectivity index (χ3n) is 9.45. The van der Waals surface area contributed by atoms with E-state index >= 15 is 0 Å². The van der Waals surface area contributed by atoms with Gasteiger partial charge in [0.1, 0.15) is 18.1 Å². The van der Waals surface area contributed by atoms with E-state index in [1.165, 1.54) is 73.6 Å². The van der Waals surface area contributed by atoms with Gasteiger partial charge in [-0.2, -0.15) is 0 Å². The van der Waals surface area contributed by atoms with Gasteiger partial charge < -0.3 is 9.84 Å². The van der Waals surface area contributed by atoms with E-state index in [1.807, 2.05) is 0 Å². The van der Waals surface area contributed by atoms with E-state index in [1.54, 1.807) is 0 Å². The fourth-order valence-electron chi connectivity index (χ4n) is 7.14. The van der Waals surface area contributed by atoms with E-state index < -0.39 is 0 Å². The Bertz CT molecular complexity index is 1230. The molecule has 1 N–H and O–H groups in total. The van der Waals surface area contributed by atoms with Gasteiger partial charge in [-0.1, -0.05) is 100 Å². The van der Waals surface area contributed by atoms with Crippen molar-refractivity contribution in [3.05, 3.63) is 93.3 Å². The van der Waals surface area contributed by atoms with Gasteiger partial charge in [0.05, 0.1) is 0 Å². The molecule has 2 fully saturated rings. The van der Waals surface area contributed by atoms with Crippen molar-refractivity contribution in [1.82, 2.24) is 0 Å². The summed E-state index contributed by atoms with van der Waals surface area (Å²) in [4.78, 5) is 0. The molecule has 2 saturated carbocycles. The second-order valence-electron chi connectivity index (χ2n) is 12.8. The molecule has 3 aliphatic carbocycles. The van der Waals surface area contributed by atoms with Crippen LogP contribution in [-0.4, -0.2) is 5.11 Å². The van der Waals surface area contributed by atoms with Gasteiger partial charge in [-0.3, -0.25) is 0 Å². The molecule has 0 unspecified atom stereocenters. The molecule has 0 aliphatic heterocycles. The van der Waals surface area contributed by atoms with Gasteiger partial charge in [0, 0.05) is 16.7 Å². The number of allylic oxidation sites excluding steroid dienone is 4. The summed E-state index contributed by atoms with van der Waals surface area (Å²) in [6.07, 6.45) is 17.7. The molecule has 0 heterocycles. The highest BCUT2D eigenvalue weighted by Gasteiger charge is 2.35. The van der Waals surface area contributed by atoms with Crippen molar-refractivity contribution in [2.24, 2.45) is 5.41 Å². The van der Waals surface area contributed by atoms with Crippen molar-refractivity contribution in [1.29, 1.82) is 0 Å². The fraction of sp³-hybridized carbons (Fsp3) is 0.500. The summed E-state index contributed by atoms with van der Waals surface area (Å²) in [5, 5.41) is 11.7. The zero-order chi connectivity index (χ0) is 26.8. The van der Waals surface area contributed by atoms with Crippen LogP contribution in [0.2, 0.25) is 0 Å². The number of hydrogen-bond donors (Lipinski definition) is 1. The third-order valence-corrected chi connectivity index (χ3v) is 9.45. The van der Waals surface area contributed by atoms with E-state index in [-0.39, 0.29) is 10.8 Å². The highest BCUT2D eigenvalue weighted by molar-refractivity contribution is 5.69. The van der Waals surface area contributed by atoms with E-state index in [4.69, 9.17) is 4.74 Å². The first-order valence-corrected chi connectivity index (χ1v) is 14.9. The average molecular weight is 511 g/mol. The van der Waals surface area contributed by atoms with E-state index in [0.29, 0.717) is 12.4 Å². The number of aryl methyl sites for hydroxylation is 1. The zero-order valence-electron chi connectivity index (χ0n) is 24.0. The molecule has 3 aliphatic rings. The smallest absolute Gasteiger partial charge is 0.130 e. The molecule has 2 aromatic rings. The molecule has 0 radical (unpaired) electrons. The summed E-state index contributed by atoms with van der Waals surface area (Å²) in [7, 11) is 0. The minimum Gasteiger partial charge on any atom is -0.507 e. The molecule has 0 atom stereocenters. The quantitative estimate of drug-likeness (QED) is 0.419. The van der Waals surface area contributed by atoms with Crippen molar-refractivity contribution in [3.8, 4) is 5.75 Å². The lowest BCUT2D eigenvalue weighted by molar-refractivity contribution is 0.257. The summed E-state index contributed by atoms with van der Waals surface area (Å²) < 4.78 is 6.74.